The largest absolute Gasteiger partial charge is 0.506 e. The van der Waals surface area contributed by atoms with Crippen LogP contribution in [0.2, 0.25) is 5.21 Å². The predicted molar refractivity (Wildman–Crippen MR) is 140 cm³/mol. The van der Waals surface area contributed by atoms with Crippen molar-refractivity contribution < 1.29 is 9.13 Å². The summed E-state index contributed by atoms with van der Waals surface area (Å²) < 4.78 is 21.2. The molecule has 0 aliphatic carbocycles. The zero-order chi connectivity index (χ0) is 22.0. The van der Waals surface area contributed by atoms with E-state index in [0.29, 0.717) is 0 Å². The molecule has 2 N–H and O–H groups in total. The summed E-state index contributed by atoms with van der Waals surface area (Å²) in [6, 6.07) is 14.0. The van der Waals surface area contributed by atoms with Gasteiger partial charge < -0.3 is 15.4 Å². The Balaban J connectivity index is 2.37. The van der Waals surface area contributed by atoms with Crippen molar-refractivity contribution in [1.82, 2.24) is 4.90 Å². The molecule has 148 valence electrons. The lowest BCUT2D eigenvalue weighted by Gasteiger charge is -2.49. The Morgan fingerprint density at radius 3 is 2.17 bits per heavy atom. The van der Waals surface area contributed by atoms with Crippen LogP contribution in [0.3, 0.4) is 0 Å². The number of hydrogen-bond donors (Lipinski definition) is 1. The maximum atomic E-state index is 14.9. The van der Waals surface area contributed by atoms with E-state index < -0.39 is 16.1 Å². The summed E-state index contributed by atoms with van der Waals surface area (Å²) >= 11 is 1.65. The number of nitrogens with zero attached hydrogens (tertiary/aromatic N) is 1. The van der Waals surface area contributed by atoms with Crippen LogP contribution in [0.15, 0.2) is 52.3 Å². The van der Waals surface area contributed by atoms with Crippen LogP contribution in [-0.2, 0) is 6.54 Å². The van der Waals surface area contributed by atoms with Gasteiger partial charge >= 0.3 is 0 Å². The first kappa shape index (κ1) is 23.9. The van der Waals surface area contributed by atoms with Crippen LogP contribution in [0.4, 0.5) is 10.1 Å². The van der Waals surface area contributed by atoms with Crippen molar-refractivity contribution in [3.63, 3.8) is 0 Å². The molecule has 2 rings (SSSR count). The Kier molecular flexibility index (Phi) is 7.27. The molecular formula is C18H29B6FN2OS. The molecule has 0 spiro atoms. The third-order valence-electron chi connectivity index (χ3n) is 6.02. The van der Waals surface area contributed by atoms with E-state index in [1.807, 2.05) is 75.8 Å². The maximum Gasteiger partial charge on any atom is 0.145 e. The fourth-order valence-electron chi connectivity index (χ4n) is 3.01. The maximum absolute atomic E-state index is 14.9. The number of para-hydroxylation sites is 1. The molecule has 0 aliphatic rings. The fraction of sp³-hybridized carbons (Fsp3) is 0.333. The van der Waals surface area contributed by atoms with Crippen LogP contribution in [0.1, 0.15) is 5.56 Å². The van der Waals surface area contributed by atoms with Gasteiger partial charge in [0.25, 0.3) is 0 Å². The average Bonchev–Trinajstić information content (AvgIpc) is 2.57. The second kappa shape index (κ2) is 8.81. The van der Waals surface area contributed by atoms with E-state index in [1.54, 1.807) is 27.5 Å². The normalized spacial score (nSPS) is 12.8. The molecule has 0 fully saturated rings. The quantitative estimate of drug-likeness (QED) is 0.410. The van der Waals surface area contributed by atoms with E-state index in [1.165, 1.54) is 0 Å². The van der Waals surface area contributed by atoms with Gasteiger partial charge in [-0.15, -0.1) is 0 Å². The minimum Gasteiger partial charge on any atom is -0.506 e. The first-order chi connectivity index (χ1) is 13.2. The number of nitrogen functional groups attached to an aromatic ring is 1. The lowest BCUT2D eigenvalue weighted by molar-refractivity contribution is 0.171. The summed E-state index contributed by atoms with van der Waals surface area (Å²) in [6.45, 7) is 0.769. The molecule has 2 aromatic carbocycles. The zero-order valence-corrected chi connectivity index (χ0v) is 19.8. The molecule has 0 aliphatic heterocycles. The molecule has 0 bridgehead atoms. The van der Waals surface area contributed by atoms with Crippen LogP contribution < -0.4 is 10.5 Å². The summed E-state index contributed by atoms with van der Waals surface area (Å²) in [7, 11) is 15.0. The Morgan fingerprint density at radius 2 is 1.62 bits per heavy atom. The van der Waals surface area contributed by atoms with Gasteiger partial charge in [0.1, 0.15) is 52.8 Å². The van der Waals surface area contributed by atoms with Gasteiger partial charge in [0.05, 0.1) is 0 Å². The van der Waals surface area contributed by atoms with Crippen molar-refractivity contribution in [2.24, 2.45) is 0 Å². The summed E-state index contributed by atoms with van der Waals surface area (Å²) in [5.74, 6) is 0.745. The number of hydrogen-bond acceptors (Lipinski definition) is 4. The van der Waals surface area contributed by atoms with Crippen molar-refractivity contribution in [2.45, 2.75) is 32.4 Å². The van der Waals surface area contributed by atoms with Crippen LogP contribution in [0.25, 0.3) is 0 Å². The standard InChI is InChI=1S/C18H29B6FN2OS/c1-27(2)10-11-9-12(28-18(23,24)16(19,20)17(21,22)25)7-8-14(11)29-15-6-4-3-5-13(15)26/h3-9H,10,19-24,26H2,1-2H3. The Hall–Kier alpha value is -1.33. The average molecular weight is 405 g/mol. The first-order valence-electron chi connectivity index (χ1n) is 9.92. The molecule has 0 saturated carbocycles. The Labute approximate surface area is 184 Å². The molecule has 0 aromatic heterocycles. The second-order valence-corrected chi connectivity index (χ2v) is 10.4. The summed E-state index contributed by atoms with van der Waals surface area (Å²) in [5, 5.41) is -1.38. The number of halogens is 1. The second-order valence-electron chi connectivity index (χ2n) is 9.36. The molecule has 29 heavy (non-hydrogen) atoms. The van der Waals surface area contributed by atoms with Crippen molar-refractivity contribution in [3.05, 3.63) is 48.0 Å². The summed E-state index contributed by atoms with van der Waals surface area (Å²) in [6.07, 6.45) is 0. The van der Waals surface area contributed by atoms with Crippen molar-refractivity contribution in [3.8, 4) is 5.75 Å². The molecule has 0 atom stereocenters. The van der Waals surface area contributed by atoms with Crippen LogP contribution in [-0.4, -0.2) is 76.9 Å². The fourth-order valence-corrected chi connectivity index (χ4v) is 3.97. The Morgan fingerprint density at radius 1 is 1.00 bits per heavy atom. The molecule has 11 heteroatoms. The monoisotopic (exact) mass is 406 g/mol. The summed E-state index contributed by atoms with van der Waals surface area (Å²) in [5.41, 5.74) is 6.66. The molecule has 0 unspecified atom stereocenters. The van der Waals surface area contributed by atoms with Crippen LogP contribution >= 0.6 is 11.8 Å². The number of nitrogens with two attached hydrogens (primary N) is 1. The highest BCUT2D eigenvalue weighted by atomic mass is 32.2. The molecule has 0 heterocycles. The summed E-state index contributed by atoms with van der Waals surface area (Å²) in [4.78, 5) is 4.28. The SMILES string of the molecule is BC(B)(F)C(B)(B)C(B)(B)Oc1ccc(Sc2ccccc2N)c(CN(C)C)c1. The van der Waals surface area contributed by atoms with Crippen LogP contribution in [0, 0.1) is 0 Å². The lowest BCUT2D eigenvalue weighted by atomic mass is 9.25. The van der Waals surface area contributed by atoms with Crippen molar-refractivity contribution in [1.29, 1.82) is 0 Å². The Bertz CT molecular complexity index is 860. The minimum absolute atomic E-state index is 0.687. The predicted octanol–water partition coefficient (Wildman–Crippen LogP) is -1.95. The third-order valence-corrected chi connectivity index (χ3v) is 7.23. The van der Waals surface area contributed by atoms with E-state index in [9.17, 15) is 4.39 Å². The number of ether oxygens (including phenoxy) is 1. The zero-order valence-electron chi connectivity index (χ0n) is 19.0. The molecule has 0 radical (unpaired) electrons. The van der Waals surface area contributed by atoms with E-state index in [4.69, 9.17) is 10.5 Å². The van der Waals surface area contributed by atoms with Gasteiger partial charge in [0, 0.05) is 32.9 Å². The molecule has 2 aromatic rings. The number of anilines is 1. The molecule has 0 saturated heterocycles. The topological polar surface area (TPSA) is 38.5 Å². The van der Waals surface area contributed by atoms with E-state index in [-0.39, 0.29) is 0 Å². The molecular weight excluding hydrogens is 376 g/mol. The number of benzene rings is 2. The van der Waals surface area contributed by atoms with Crippen molar-refractivity contribution >= 4 is 64.5 Å². The van der Waals surface area contributed by atoms with Gasteiger partial charge in [0.15, 0.2) is 0 Å². The van der Waals surface area contributed by atoms with Crippen LogP contribution in [0.5, 0.6) is 5.75 Å². The number of alkyl halides is 1. The highest BCUT2D eigenvalue weighted by Crippen LogP contribution is 2.42. The van der Waals surface area contributed by atoms with Gasteiger partial charge in [-0.2, -0.15) is 0 Å². The lowest BCUT2D eigenvalue weighted by Crippen LogP contribution is -2.60. The van der Waals surface area contributed by atoms with Gasteiger partial charge in [-0.05, 0) is 55.2 Å². The third kappa shape index (κ3) is 5.63. The molecule has 3 nitrogen and oxygen atoms in total. The van der Waals surface area contributed by atoms with E-state index in [2.05, 4.69) is 17.0 Å². The smallest absolute Gasteiger partial charge is 0.145 e. The van der Waals surface area contributed by atoms with E-state index in [0.717, 1.165) is 33.3 Å². The first-order valence-corrected chi connectivity index (χ1v) is 10.7. The highest BCUT2D eigenvalue weighted by molar-refractivity contribution is 7.99. The van der Waals surface area contributed by atoms with Gasteiger partial charge in [-0.1, -0.05) is 23.9 Å². The molecule has 0 amide bonds. The van der Waals surface area contributed by atoms with Gasteiger partial charge in [-0.3, -0.25) is 4.39 Å². The van der Waals surface area contributed by atoms with Crippen molar-refractivity contribution in [2.75, 3.05) is 19.8 Å². The van der Waals surface area contributed by atoms with Gasteiger partial charge in [0.2, 0.25) is 0 Å². The van der Waals surface area contributed by atoms with E-state index >= 15 is 0 Å². The minimum atomic E-state index is -1.39. The number of rotatable bonds is 8. The highest BCUT2D eigenvalue weighted by Gasteiger charge is 2.48. The van der Waals surface area contributed by atoms with Gasteiger partial charge in [-0.25, -0.2) is 0 Å².